The largest absolute Gasteiger partial charge is 0.377 e. The van der Waals surface area contributed by atoms with Crippen molar-refractivity contribution in [1.82, 2.24) is 5.32 Å². The number of sulfonamides is 1. The third-order valence-electron chi connectivity index (χ3n) is 4.19. The van der Waals surface area contributed by atoms with Crippen LogP contribution in [0.1, 0.15) is 37.3 Å². The van der Waals surface area contributed by atoms with Crippen molar-refractivity contribution in [3.8, 4) is 0 Å². The lowest BCUT2D eigenvalue weighted by Crippen LogP contribution is -2.41. The van der Waals surface area contributed by atoms with Gasteiger partial charge in [-0.05, 0) is 43.4 Å². The van der Waals surface area contributed by atoms with Crippen LogP contribution in [0.5, 0.6) is 0 Å². The van der Waals surface area contributed by atoms with E-state index >= 15 is 0 Å². The van der Waals surface area contributed by atoms with Crippen molar-refractivity contribution in [1.29, 1.82) is 0 Å². The second kappa shape index (κ2) is 7.42. The molecular weight excluding hydrogens is 316 g/mol. The Kier molecular flexibility index (Phi) is 5.78. The van der Waals surface area contributed by atoms with Gasteiger partial charge in [0.15, 0.2) is 0 Å². The molecule has 3 N–H and O–H groups in total. The molecule has 0 aliphatic carbocycles. The van der Waals surface area contributed by atoms with E-state index in [1.54, 1.807) is 19.1 Å². The van der Waals surface area contributed by atoms with E-state index in [0.717, 1.165) is 31.4 Å². The molecule has 2 unspecified atom stereocenters. The molecule has 1 fully saturated rings. The highest BCUT2D eigenvalue weighted by molar-refractivity contribution is 7.89. The zero-order valence-corrected chi connectivity index (χ0v) is 14.4. The molecule has 0 aromatic heterocycles. The molecule has 1 aliphatic heterocycles. The minimum Gasteiger partial charge on any atom is -0.377 e. The zero-order chi connectivity index (χ0) is 17.0. The summed E-state index contributed by atoms with van der Waals surface area (Å²) in [5, 5.41) is 8.07. The van der Waals surface area contributed by atoms with E-state index in [9.17, 15) is 13.2 Å². The topological polar surface area (TPSA) is 98.5 Å². The minimum absolute atomic E-state index is 0.00951. The van der Waals surface area contributed by atoms with E-state index in [4.69, 9.17) is 9.88 Å². The highest BCUT2D eigenvalue weighted by Gasteiger charge is 2.30. The summed E-state index contributed by atoms with van der Waals surface area (Å²) in [4.78, 5) is 12.5. The molecular formula is C16H24N2O4S. The third kappa shape index (κ3) is 4.53. The van der Waals surface area contributed by atoms with Crippen LogP contribution in [0.15, 0.2) is 23.1 Å². The quantitative estimate of drug-likeness (QED) is 0.848. The van der Waals surface area contributed by atoms with Gasteiger partial charge in [0.1, 0.15) is 0 Å². The van der Waals surface area contributed by atoms with Crippen LogP contribution in [0.3, 0.4) is 0 Å². The molecule has 0 saturated carbocycles. The molecule has 1 amide bonds. The van der Waals surface area contributed by atoms with Gasteiger partial charge < -0.3 is 10.1 Å². The summed E-state index contributed by atoms with van der Waals surface area (Å²) in [6, 6.07) is 4.88. The Morgan fingerprint density at radius 1 is 1.43 bits per heavy atom. The van der Waals surface area contributed by atoms with Crippen molar-refractivity contribution >= 4 is 15.9 Å². The fraction of sp³-hybridized carbons (Fsp3) is 0.562. The second-order valence-corrected chi connectivity index (χ2v) is 7.46. The molecule has 6 nitrogen and oxygen atoms in total. The second-order valence-electron chi connectivity index (χ2n) is 5.93. The smallest absolute Gasteiger partial charge is 0.238 e. The van der Waals surface area contributed by atoms with Gasteiger partial charge in [0.05, 0.1) is 16.9 Å². The Balaban J connectivity index is 2.00. The van der Waals surface area contributed by atoms with Gasteiger partial charge in [-0.1, -0.05) is 19.1 Å². The summed E-state index contributed by atoms with van der Waals surface area (Å²) in [7, 11) is -3.71. The van der Waals surface area contributed by atoms with Gasteiger partial charge in [0, 0.05) is 13.2 Å². The molecule has 1 aromatic carbocycles. The van der Waals surface area contributed by atoms with Crippen LogP contribution in [0.25, 0.3) is 0 Å². The molecule has 1 saturated heterocycles. The number of nitrogens with one attached hydrogen (secondary N) is 1. The lowest BCUT2D eigenvalue weighted by Gasteiger charge is -2.30. The summed E-state index contributed by atoms with van der Waals surface area (Å²) in [5.74, 6) is -0.122. The molecule has 1 aliphatic rings. The number of benzene rings is 1. The van der Waals surface area contributed by atoms with Gasteiger partial charge in [-0.3, -0.25) is 4.79 Å². The van der Waals surface area contributed by atoms with Gasteiger partial charge >= 0.3 is 0 Å². The van der Waals surface area contributed by atoms with Crippen LogP contribution in [0.2, 0.25) is 0 Å². The van der Waals surface area contributed by atoms with Crippen LogP contribution >= 0.6 is 0 Å². The summed E-state index contributed by atoms with van der Waals surface area (Å²) in [6.45, 7) is 4.78. The summed E-state index contributed by atoms with van der Waals surface area (Å²) >= 11 is 0. The predicted octanol–water partition coefficient (Wildman–Crippen LogP) is 1.46. The number of carbonyl (C=O) groups is 1. The number of ether oxygens (including phenoxy) is 1. The van der Waals surface area contributed by atoms with E-state index in [1.807, 2.05) is 6.92 Å². The van der Waals surface area contributed by atoms with Gasteiger partial charge in [0.25, 0.3) is 0 Å². The normalized spacial score (nSPS) is 21.9. The molecule has 1 heterocycles. The highest BCUT2D eigenvalue weighted by Crippen LogP contribution is 2.23. The summed E-state index contributed by atoms with van der Waals surface area (Å²) in [6.07, 6.45) is 2.54. The van der Waals surface area contributed by atoms with E-state index < -0.39 is 10.0 Å². The first-order chi connectivity index (χ1) is 10.8. The van der Waals surface area contributed by atoms with Crippen LogP contribution in [0.4, 0.5) is 0 Å². The van der Waals surface area contributed by atoms with Gasteiger partial charge in [-0.2, -0.15) is 0 Å². The fourth-order valence-corrected chi connectivity index (χ4v) is 3.77. The molecule has 23 heavy (non-hydrogen) atoms. The first-order valence-corrected chi connectivity index (χ1v) is 9.39. The van der Waals surface area contributed by atoms with Gasteiger partial charge in [-0.15, -0.1) is 0 Å². The Morgan fingerprint density at radius 2 is 2.17 bits per heavy atom. The maximum Gasteiger partial charge on any atom is 0.238 e. The highest BCUT2D eigenvalue weighted by atomic mass is 32.2. The molecule has 1 aromatic rings. The maximum absolute atomic E-state index is 12.3. The molecule has 0 spiro atoms. The van der Waals surface area contributed by atoms with E-state index in [-0.39, 0.29) is 22.8 Å². The molecule has 0 bridgehead atoms. The SMILES string of the molecule is CCC1OCCCC1C(=O)NCc1ccc(S(N)(=O)=O)c(C)c1. The maximum atomic E-state index is 12.3. The van der Waals surface area contributed by atoms with Crippen molar-refractivity contribution in [2.45, 2.75) is 50.7 Å². The fourth-order valence-electron chi connectivity index (χ4n) is 3.00. The average Bonchev–Trinajstić information content (AvgIpc) is 2.51. The van der Waals surface area contributed by atoms with Gasteiger partial charge in [0.2, 0.25) is 15.9 Å². The Bertz CT molecular complexity index is 673. The Hall–Kier alpha value is -1.44. The summed E-state index contributed by atoms with van der Waals surface area (Å²) in [5.41, 5.74) is 1.42. The number of hydrogen-bond donors (Lipinski definition) is 2. The number of nitrogens with two attached hydrogens (primary N) is 1. The van der Waals surface area contributed by atoms with Crippen LogP contribution in [0, 0.1) is 12.8 Å². The minimum atomic E-state index is -3.71. The first kappa shape index (κ1) is 17.9. The third-order valence-corrected chi connectivity index (χ3v) is 5.26. The van der Waals surface area contributed by atoms with Crippen molar-refractivity contribution in [2.75, 3.05) is 6.61 Å². The molecule has 128 valence electrons. The Morgan fingerprint density at radius 3 is 2.78 bits per heavy atom. The van der Waals surface area contributed by atoms with E-state index in [1.165, 1.54) is 6.07 Å². The number of amides is 1. The number of hydrogen-bond acceptors (Lipinski definition) is 4. The van der Waals surface area contributed by atoms with Crippen LogP contribution in [-0.4, -0.2) is 27.0 Å². The van der Waals surface area contributed by atoms with Crippen LogP contribution in [-0.2, 0) is 26.1 Å². The first-order valence-electron chi connectivity index (χ1n) is 7.84. The lowest BCUT2D eigenvalue weighted by molar-refractivity contribution is -0.134. The molecule has 7 heteroatoms. The van der Waals surface area contributed by atoms with Gasteiger partial charge in [-0.25, -0.2) is 13.6 Å². The predicted molar refractivity (Wildman–Crippen MR) is 87.2 cm³/mol. The lowest BCUT2D eigenvalue weighted by atomic mass is 9.92. The summed E-state index contributed by atoms with van der Waals surface area (Å²) < 4.78 is 28.4. The van der Waals surface area contributed by atoms with E-state index in [2.05, 4.69) is 5.32 Å². The molecule has 2 atom stereocenters. The number of primary sulfonamides is 1. The monoisotopic (exact) mass is 340 g/mol. The number of rotatable bonds is 5. The van der Waals surface area contributed by atoms with Crippen LogP contribution < -0.4 is 10.5 Å². The number of carbonyl (C=O) groups excluding carboxylic acids is 1. The van der Waals surface area contributed by atoms with Crippen molar-refractivity contribution in [2.24, 2.45) is 11.1 Å². The van der Waals surface area contributed by atoms with Crippen molar-refractivity contribution < 1.29 is 17.9 Å². The zero-order valence-electron chi connectivity index (χ0n) is 13.5. The van der Waals surface area contributed by atoms with Crippen molar-refractivity contribution in [3.05, 3.63) is 29.3 Å². The molecule has 2 rings (SSSR count). The number of aryl methyl sites for hydroxylation is 1. The van der Waals surface area contributed by atoms with Crippen molar-refractivity contribution in [3.63, 3.8) is 0 Å². The average molecular weight is 340 g/mol. The molecule has 0 radical (unpaired) electrons. The van der Waals surface area contributed by atoms with E-state index in [0.29, 0.717) is 12.1 Å². The standard InChI is InChI=1S/C16H24N2O4S/c1-3-14-13(5-4-8-22-14)16(19)18-10-12-6-7-15(11(2)9-12)23(17,20)21/h6-7,9,13-14H,3-5,8,10H2,1-2H3,(H,18,19)(H2,17,20,21). The Labute approximate surface area is 137 Å².